The fourth-order valence-electron chi connectivity index (χ4n) is 4.39. The summed E-state index contributed by atoms with van der Waals surface area (Å²) in [6.07, 6.45) is 3.95. The molecule has 13 heavy (non-hydrogen) atoms. The van der Waals surface area contributed by atoms with E-state index in [9.17, 15) is 5.11 Å². The van der Waals surface area contributed by atoms with Crippen molar-refractivity contribution in [3.05, 3.63) is 0 Å². The number of aliphatic hydroxyl groups is 1. The van der Waals surface area contributed by atoms with Crippen LogP contribution in [0.2, 0.25) is 0 Å². The van der Waals surface area contributed by atoms with Crippen molar-refractivity contribution >= 4 is 0 Å². The van der Waals surface area contributed by atoms with Crippen molar-refractivity contribution in [3.8, 4) is 0 Å². The first-order valence-corrected chi connectivity index (χ1v) is 5.52. The van der Waals surface area contributed by atoms with Crippen LogP contribution in [0.4, 0.5) is 0 Å². The molecule has 4 atom stereocenters. The predicted octanol–water partition coefficient (Wildman–Crippen LogP) is 1.24. The average molecular weight is 181 g/mol. The van der Waals surface area contributed by atoms with Gasteiger partial charge in [-0.05, 0) is 45.6 Å². The molecule has 1 aliphatic carbocycles. The molecule has 3 rings (SSSR count). The molecule has 3 aliphatic rings. The zero-order chi connectivity index (χ0) is 9.27. The van der Waals surface area contributed by atoms with Crippen molar-refractivity contribution in [2.45, 2.75) is 44.2 Å². The highest BCUT2D eigenvalue weighted by atomic mass is 16.3. The van der Waals surface area contributed by atoms with Crippen LogP contribution >= 0.6 is 0 Å². The summed E-state index contributed by atoms with van der Waals surface area (Å²) in [5.74, 6) is 1.40. The number of hydrogen-bond acceptors (Lipinski definition) is 2. The minimum atomic E-state index is -0.413. The van der Waals surface area contributed by atoms with Gasteiger partial charge in [0.05, 0.1) is 5.60 Å². The summed E-state index contributed by atoms with van der Waals surface area (Å²) in [6, 6.07) is 0. The second kappa shape index (κ2) is 2.12. The first kappa shape index (κ1) is 8.25. The molecule has 1 saturated carbocycles. The lowest BCUT2D eigenvalue weighted by molar-refractivity contribution is 0.0224. The third kappa shape index (κ3) is 0.774. The zero-order valence-corrected chi connectivity index (χ0v) is 8.58. The minimum absolute atomic E-state index is 0.351. The summed E-state index contributed by atoms with van der Waals surface area (Å²) < 4.78 is 0. The fraction of sp³-hybridized carbons (Fsp3) is 1.00. The quantitative estimate of drug-likeness (QED) is 0.608. The van der Waals surface area contributed by atoms with E-state index in [0.717, 1.165) is 12.5 Å². The molecule has 0 amide bonds. The Morgan fingerprint density at radius 2 is 2.00 bits per heavy atom. The van der Waals surface area contributed by atoms with Crippen LogP contribution in [0.1, 0.15) is 33.1 Å². The molecule has 2 nitrogen and oxygen atoms in total. The number of β-amino-alcohol motifs (C(OH)–C–C–N with tert-alkyl or cyclic N) is 1. The standard InChI is InChI=1S/C11H19NO/c1-10(13)7-12-6-5-8-3-4-9(10)11(8,12)2/h8-9,13H,3-7H2,1-2H3/t8-,9+,10+,11+/m0/s1. The van der Waals surface area contributed by atoms with Crippen LogP contribution in [0.5, 0.6) is 0 Å². The maximum atomic E-state index is 10.3. The van der Waals surface area contributed by atoms with Gasteiger partial charge in [0.2, 0.25) is 0 Å². The molecule has 3 fully saturated rings. The van der Waals surface area contributed by atoms with Crippen LogP contribution in [0, 0.1) is 11.8 Å². The van der Waals surface area contributed by atoms with Crippen molar-refractivity contribution in [2.24, 2.45) is 11.8 Å². The minimum Gasteiger partial charge on any atom is -0.388 e. The molecule has 74 valence electrons. The van der Waals surface area contributed by atoms with Gasteiger partial charge in [-0.3, -0.25) is 4.90 Å². The molecule has 0 unspecified atom stereocenters. The number of nitrogens with zero attached hydrogens (tertiary/aromatic N) is 1. The maximum Gasteiger partial charge on any atom is 0.0791 e. The summed E-state index contributed by atoms with van der Waals surface area (Å²) >= 11 is 0. The van der Waals surface area contributed by atoms with E-state index in [1.165, 1.54) is 25.8 Å². The van der Waals surface area contributed by atoms with Gasteiger partial charge >= 0.3 is 0 Å². The van der Waals surface area contributed by atoms with Crippen LogP contribution in [0.25, 0.3) is 0 Å². The summed E-state index contributed by atoms with van der Waals surface area (Å²) in [7, 11) is 0. The summed E-state index contributed by atoms with van der Waals surface area (Å²) in [5, 5.41) is 10.3. The lowest BCUT2D eigenvalue weighted by Gasteiger charge is -2.33. The normalized spacial score (nSPS) is 60.2. The van der Waals surface area contributed by atoms with Crippen molar-refractivity contribution in [1.82, 2.24) is 4.90 Å². The largest absolute Gasteiger partial charge is 0.388 e. The first-order chi connectivity index (χ1) is 6.05. The van der Waals surface area contributed by atoms with Crippen LogP contribution in [0.15, 0.2) is 0 Å². The van der Waals surface area contributed by atoms with Gasteiger partial charge in [0, 0.05) is 18.0 Å². The Labute approximate surface area is 79.9 Å². The molecule has 0 radical (unpaired) electrons. The van der Waals surface area contributed by atoms with E-state index in [2.05, 4.69) is 11.8 Å². The fourth-order valence-corrected chi connectivity index (χ4v) is 4.39. The highest BCUT2D eigenvalue weighted by Crippen LogP contribution is 2.58. The van der Waals surface area contributed by atoms with Crippen LogP contribution < -0.4 is 0 Å². The molecule has 0 spiro atoms. The van der Waals surface area contributed by atoms with Crippen molar-refractivity contribution < 1.29 is 5.11 Å². The van der Waals surface area contributed by atoms with Gasteiger partial charge in [-0.1, -0.05) is 0 Å². The molecule has 2 saturated heterocycles. The molecule has 0 aromatic carbocycles. The zero-order valence-electron chi connectivity index (χ0n) is 8.58. The van der Waals surface area contributed by atoms with Crippen molar-refractivity contribution in [1.29, 1.82) is 0 Å². The second-order valence-electron chi connectivity index (χ2n) is 5.62. The molecule has 0 aromatic rings. The first-order valence-electron chi connectivity index (χ1n) is 5.52. The number of rotatable bonds is 0. The van der Waals surface area contributed by atoms with Crippen molar-refractivity contribution in [2.75, 3.05) is 13.1 Å². The molecular formula is C11H19NO. The molecular weight excluding hydrogens is 162 g/mol. The third-order valence-corrected chi connectivity index (χ3v) is 5.03. The van der Waals surface area contributed by atoms with Crippen LogP contribution in [-0.4, -0.2) is 34.2 Å². The molecule has 2 heteroatoms. The van der Waals surface area contributed by atoms with Crippen LogP contribution in [0.3, 0.4) is 0 Å². The van der Waals surface area contributed by atoms with Gasteiger partial charge in [-0.2, -0.15) is 0 Å². The van der Waals surface area contributed by atoms with Gasteiger partial charge in [0.1, 0.15) is 0 Å². The Balaban J connectivity index is 2.06. The Kier molecular flexibility index (Phi) is 1.34. The van der Waals surface area contributed by atoms with E-state index < -0.39 is 5.60 Å². The molecule has 0 aromatic heterocycles. The highest BCUT2D eigenvalue weighted by Gasteiger charge is 2.64. The Hall–Kier alpha value is -0.0800. The van der Waals surface area contributed by atoms with E-state index >= 15 is 0 Å². The van der Waals surface area contributed by atoms with E-state index in [1.54, 1.807) is 0 Å². The summed E-state index contributed by atoms with van der Waals surface area (Å²) in [5.41, 5.74) is -0.0621. The van der Waals surface area contributed by atoms with Gasteiger partial charge in [-0.25, -0.2) is 0 Å². The third-order valence-electron chi connectivity index (χ3n) is 5.03. The predicted molar refractivity (Wildman–Crippen MR) is 51.4 cm³/mol. The Morgan fingerprint density at radius 1 is 1.23 bits per heavy atom. The molecule has 0 bridgehead atoms. The van der Waals surface area contributed by atoms with Crippen molar-refractivity contribution in [3.63, 3.8) is 0 Å². The topological polar surface area (TPSA) is 23.5 Å². The monoisotopic (exact) mass is 181 g/mol. The van der Waals surface area contributed by atoms with Gasteiger partial charge in [0.15, 0.2) is 0 Å². The van der Waals surface area contributed by atoms with E-state index in [4.69, 9.17) is 0 Å². The second-order valence-corrected chi connectivity index (χ2v) is 5.62. The molecule has 2 aliphatic heterocycles. The van der Waals surface area contributed by atoms with E-state index in [-0.39, 0.29) is 0 Å². The summed E-state index contributed by atoms with van der Waals surface area (Å²) in [4.78, 5) is 2.54. The van der Waals surface area contributed by atoms with Gasteiger partial charge in [-0.15, -0.1) is 0 Å². The summed E-state index contributed by atoms with van der Waals surface area (Å²) in [6.45, 7) is 6.53. The lowest BCUT2D eigenvalue weighted by atomic mass is 9.79. The highest BCUT2D eigenvalue weighted by molar-refractivity contribution is 5.18. The van der Waals surface area contributed by atoms with Gasteiger partial charge in [0.25, 0.3) is 0 Å². The molecule has 2 heterocycles. The van der Waals surface area contributed by atoms with Crippen LogP contribution in [-0.2, 0) is 0 Å². The Morgan fingerprint density at radius 3 is 2.77 bits per heavy atom. The Bertz CT molecular complexity index is 250. The maximum absolute atomic E-state index is 10.3. The molecule has 1 N–H and O–H groups in total. The average Bonchev–Trinajstić information content (AvgIpc) is 2.54. The number of hydrogen-bond donors (Lipinski definition) is 1. The van der Waals surface area contributed by atoms with E-state index in [0.29, 0.717) is 11.5 Å². The smallest absolute Gasteiger partial charge is 0.0791 e. The SMILES string of the molecule is C[C@@]12[C@H]3CC[C@@H]1[C@](C)(O)CN2CC3. The van der Waals surface area contributed by atoms with Gasteiger partial charge < -0.3 is 5.11 Å². The van der Waals surface area contributed by atoms with E-state index in [1.807, 2.05) is 6.92 Å². The lowest BCUT2D eigenvalue weighted by Crippen LogP contribution is -2.42.